The third-order valence-electron chi connectivity index (χ3n) is 11.7. The van der Waals surface area contributed by atoms with E-state index in [4.69, 9.17) is 0 Å². The largest absolute Gasteiger partial charge is 0.311 e. The predicted molar refractivity (Wildman–Crippen MR) is 259 cm³/mol. The fourth-order valence-corrected chi connectivity index (χ4v) is 9.91. The summed E-state index contributed by atoms with van der Waals surface area (Å²) in [6.45, 7) is 0. The van der Waals surface area contributed by atoms with Crippen LogP contribution in [0, 0.1) is 0 Å². The second-order valence-electron chi connectivity index (χ2n) is 15.3. The van der Waals surface area contributed by atoms with Crippen LogP contribution in [0.5, 0.6) is 0 Å². The minimum atomic E-state index is 1.10. The van der Waals surface area contributed by atoms with Gasteiger partial charge in [0.05, 0.1) is 0 Å². The Kier molecular flexibility index (Phi) is 9.11. The number of fused-ring (bicyclic) bond motifs is 4. The van der Waals surface area contributed by atoms with E-state index in [0.29, 0.717) is 0 Å². The van der Waals surface area contributed by atoms with Crippen molar-refractivity contribution < 1.29 is 0 Å². The summed E-state index contributed by atoms with van der Waals surface area (Å²) in [4.78, 5) is 2.36. The van der Waals surface area contributed by atoms with Gasteiger partial charge in [0.2, 0.25) is 0 Å². The van der Waals surface area contributed by atoms with Crippen molar-refractivity contribution in [2.45, 2.75) is 0 Å². The number of nitrogens with zero attached hydrogens (tertiary/aromatic N) is 1. The smallest absolute Gasteiger partial charge is 0.0462 e. The molecule has 0 amide bonds. The summed E-state index contributed by atoms with van der Waals surface area (Å²) in [6.07, 6.45) is 0. The molecule has 0 aliphatic heterocycles. The highest BCUT2D eigenvalue weighted by molar-refractivity contribution is 7.26. The van der Waals surface area contributed by atoms with Gasteiger partial charge in [-0.2, -0.15) is 0 Å². The fourth-order valence-electron chi connectivity index (χ4n) is 8.67. The topological polar surface area (TPSA) is 3.24 Å². The molecule has 0 fully saturated rings. The second kappa shape index (κ2) is 15.3. The van der Waals surface area contributed by atoms with Crippen LogP contribution in [0.3, 0.4) is 0 Å². The zero-order chi connectivity index (χ0) is 39.8. The van der Waals surface area contributed by atoms with Crippen LogP contribution < -0.4 is 4.90 Å². The number of hydrogen-bond donors (Lipinski definition) is 0. The number of rotatable bonds is 8. The van der Waals surface area contributed by atoms with Crippen molar-refractivity contribution in [1.29, 1.82) is 0 Å². The lowest BCUT2D eigenvalue weighted by Gasteiger charge is -2.26. The van der Waals surface area contributed by atoms with E-state index in [2.05, 4.69) is 241 Å². The molecule has 60 heavy (non-hydrogen) atoms. The van der Waals surface area contributed by atoms with Gasteiger partial charge in [0.25, 0.3) is 0 Å². The maximum Gasteiger partial charge on any atom is 0.0462 e. The number of thiophene rings is 1. The molecule has 0 aliphatic carbocycles. The lowest BCUT2D eigenvalue weighted by atomic mass is 9.97. The van der Waals surface area contributed by atoms with Crippen molar-refractivity contribution in [3.8, 4) is 55.6 Å². The maximum absolute atomic E-state index is 2.36. The third-order valence-corrected chi connectivity index (χ3v) is 12.9. The molecule has 0 N–H and O–H groups in total. The zero-order valence-electron chi connectivity index (χ0n) is 32.9. The lowest BCUT2D eigenvalue weighted by molar-refractivity contribution is 1.28. The van der Waals surface area contributed by atoms with Crippen LogP contribution in [0.4, 0.5) is 17.1 Å². The first-order valence-electron chi connectivity index (χ1n) is 20.5. The Morgan fingerprint density at radius 2 is 0.700 bits per heavy atom. The van der Waals surface area contributed by atoms with Gasteiger partial charge >= 0.3 is 0 Å². The highest BCUT2D eigenvalue weighted by Gasteiger charge is 2.16. The van der Waals surface area contributed by atoms with Gasteiger partial charge in [0, 0.05) is 37.2 Å². The molecule has 0 bridgehead atoms. The van der Waals surface area contributed by atoms with E-state index in [-0.39, 0.29) is 0 Å². The van der Waals surface area contributed by atoms with Crippen molar-refractivity contribution in [2.24, 2.45) is 0 Å². The summed E-state index contributed by atoms with van der Waals surface area (Å²) in [5.41, 5.74) is 15.5. The first kappa shape index (κ1) is 35.6. The van der Waals surface area contributed by atoms with Crippen LogP contribution in [0.25, 0.3) is 86.6 Å². The van der Waals surface area contributed by atoms with Gasteiger partial charge in [-0.1, -0.05) is 182 Å². The van der Waals surface area contributed by atoms with Gasteiger partial charge in [0.1, 0.15) is 0 Å². The average Bonchev–Trinajstić information content (AvgIpc) is 3.72. The Bertz CT molecular complexity index is 3280. The van der Waals surface area contributed by atoms with Crippen LogP contribution in [0.2, 0.25) is 0 Å². The minimum absolute atomic E-state index is 1.10. The Labute approximate surface area is 354 Å². The summed E-state index contributed by atoms with van der Waals surface area (Å²) in [7, 11) is 0. The van der Waals surface area contributed by atoms with Gasteiger partial charge < -0.3 is 4.90 Å². The SMILES string of the molecule is c1ccc(-c2cccc(-c3ccc(N(c4ccc(-c5cccc(-c6cccc7c6sc6ccccc67)c5)cc4)c4ccc(-c5cccc6ccccc56)cc4)cc3)c2)cc1. The van der Waals surface area contributed by atoms with E-state index in [0.717, 1.165) is 17.1 Å². The molecule has 0 spiro atoms. The first-order valence-corrected chi connectivity index (χ1v) is 21.3. The van der Waals surface area contributed by atoms with Crippen LogP contribution in [0.15, 0.2) is 237 Å². The van der Waals surface area contributed by atoms with Crippen LogP contribution in [0.1, 0.15) is 0 Å². The molecule has 1 aromatic heterocycles. The fraction of sp³-hybridized carbons (Fsp3) is 0. The van der Waals surface area contributed by atoms with Crippen molar-refractivity contribution in [3.05, 3.63) is 237 Å². The molecule has 1 heterocycles. The lowest BCUT2D eigenvalue weighted by Crippen LogP contribution is -2.09. The van der Waals surface area contributed by atoms with Crippen molar-refractivity contribution >= 4 is 59.3 Å². The van der Waals surface area contributed by atoms with Crippen LogP contribution >= 0.6 is 11.3 Å². The van der Waals surface area contributed by atoms with E-state index in [1.165, 1.54) is 86.6 Å². The molecule has 0 atom stereocenters. The molecular formula is C58H39NS. The van der Waals surface area contributed by atoms with E-state index in [9.17, 15) is 0 Å². The normalized spacial score (nSPS) is 11.3. The Morgan fingerprint density at radius 1 is 0.267 bits per heavy atom. The number of benzene rings is 10. The Balaban J connectivity index is 0.954. The molecule has 11 aromatic rings. The predicted octanol–water partition coefficient (Wildman–Crippen LogP) is 17.0. The maximum atomic E-state index is 2.36. The number of anilines is 3. The molecule has 10 aromatic carbocycles. The van der Waals surface area contributed by atoms with E-state index in [1.807, 2.05) is 11.3 Å². The molecule has 0 radical (unpaired) electrons. The van der Waals surface area contributed by atoms with Gasteiger partial charge in [-0.25, -0.2) is 0 Å². The van der Waals surface area contributed by atoms with Crippen LogP contribution in [-0.2, 0) is 0 Å². The minimum Gasteiger partial charge on any atom is -0.311 e. The van der Waals surface area contributed by atoms with E-state index < -0.39 is 0 Å². The van der Waals surface area contributed by atoms with Crippen molar-refractivity contribution in [3.63, 3.8) is 0 Å². The molecule has 1 nitrogen and oxygen atoms in total. The third kappa shape index (κ3) is 6.63. The molecular weight excluding hydrogens is 743 g/mol. The Hall–Kier alpha value is -7.52. The van der Waals surface area contributed by atoms with Crippen molar-refractivity contribution in [2.75, 3.05) is 4.90 Å². The molecule has 11 rings (SSSR count). The summed E-state index contributed by atoms with van der Waals surface area (Å²) < 4.78 is 2.66. The van der Waals surface area contributed by atoms with Gasteiger partial charge in [-0.05, 0) is 121 Å². The monoisotopic (exact) mass is 781 g/mol. The summed E-state index contributed by atoms with van der Waals surface area (Å²) in [5.74, 6) is 0. The molecule has 2 heteroatoms. The zero-order valence-corrected chi connectivity index (χ0v) is 33.7. The van der Waals surface area contributed by atoms with E-state index in [1.54, 1.807) is 0 Å². The molecule has 282 valence electrons. The van der Waals surface area contributed by atoms with Gasteiger partial charge in [-0.3, -0.25) is 0 Å². The highest BCUT2D eigenvalue weighted by Crippen LogP contribution is 2.42. The summed E-state index contributed by atoms with van der Waals surface area (Å²) in [5, 5.41) is 5.15. The average molecular weight is 782 g/mol. The molecule has 0 saturated carbocycles. The van der Waals surface area contributed by atoms with Crippen molar-refractivity contribution in [1.82, 2.24) is 0 Å². The quantitative estimate of drug-likeness (QED) is 0.148. The van der Waals surface area contributed by atoms with Gasteiger partial charge in [-0.15, -0.1) is 11.3 Å². The summed E-state index contributed by atoms with van der Waals surface area (Å²) in [6, 6.07) is 86.0. The van der Waals surface area contributed by atoms with Gasteiger partial charge in [0.15, 0.2) is 0 Å². The summed E-state index contributed by atoms with van der Waals surface area (Å²) >= 11 is 1.88. The second-order valence-corrected chi connectivity index (χ2v) is 16.4. The highest BCUT2D eigenvalue weighted by atomic mass is 32.1. The molecule has 0 saturated heterocycles. The van der Waals surface area contributed by atoms with E-state index >= 15 is 0 Å². The standard InChI is InChI=1S/C58H39NS/c1-2-12-40(13-3-1)45-16-8-17-46(38-45)41-26-32-49(33-27-41)59(51-36-30-44(31-37-51)53-22-10-15-43-14-4-5-20-52(43)53)50-34-28-42(29-35-50)47-18-9-19-48(39-47)54-23-11-24-56-55-21-6-7-25-57(55)60-58(54)56/h1-39H. The Morgan fingerprint density at radius 3 is 1.37 bits per heavy atom. The number of hydrogen-bond acceptors (Lipinski definition) is 2. The first-order chi connectivity index (χ1) is 29.7. The molecule has 0 unspecified atom stereocenters. The van der Waals surface area contributed by atoms with Crippen LogP contribution in [-0.4, -0.2) is 0 Å². The molecule has 0 aliphatic rings.